The van der Waals surface area contributed by atoms with Gasteiger partial charge in [-0.2, -0.15) is 0 Å². The molecule has 0 heterocycles. The molecule has 0 saturated heterocycles. The second-order valence-corrected chi connectivity index (χ2v) is 3.59. The predicted molar refractivity (Wildman–Crippen MR) is 62.6 cm³/mol. The molecule has 0 aliphatic rings. The van der Waals surface area contributed by atoms with Crippen LogP contribution in [-0.4, -0.2) is 26.0 Å². The largest absolute Gasteiger partial charge is 0.692 e. The smallest absolute Gasteiger partial charge is 0.508 e. The summed E-state index contributed by atoms with van der Waals surface area (Å²) in [6.07, 6.45) is 0. The molecule has 0 unspecified atom stereocenters. The molecule has 4 N–H and O–H groups in total. The second kappa shape index (κ2) is 11.0. The lowest BCUT2D eigenvalue weighted by Crippen LogP contribution is -2.03. The summed E-state index contributed by atoms with van der Waals surface area (Å²) in [4.78, 5) is 23.9. The second-order valence-electron chi connectivity index (χ2n) is 3.08. The summed E-state index contributed by atoms with van der Waals surface area (Å²) in [6, 6.07) is 8.71. The van der Waals surface area contributed by atoms with Crippen LogP contribution in [0, 0.1) is 5.92 Å². The molecule has 0 radical (unpaired) electrons. The maximum Gasteiger partial charge on any atom is 0.692 e. The molecule has 0 bridgehead atoms. The third-order valence-corrected chi connectivity index (χ3v) is 1.25. The molecule has 0 fully saturated rings. The summed E-state index contributed by atoms with van der Waals surface area (Å²) in [7, 11) is -2.87. The number of carboxylic acids is 1. The van der Waals surface area contributed by atoms with E-state index >= 15 is 0 Å². The van der Waals surface area contributed by atoms with Crippen LogP contribution in [0.5, 0.6) is 5.75 Å². The Hall–Kier alpha value is -1.49. The lowest BCUT2D eigenvalue weighted by atomic mass is 10.2. The molecule has 1 rings (SSSR count). The quantitative estimate of drug-likeness (QED) is 0.574. The Morgan fingerprint density at radius 2 is 1.47 bits per heavy atom. The highest BCUT2D eigenvalue weighted by molar-refractivity contribution is 7.30. The minimum absolute atomic E-state index is 0.231. The fraction of sp³-hybridized carbons (Fsp3) is 0.300. The van der Waals surface area contributed by atoms with Crippen LogP contribution >= 0.6 is 8.25 Å². The van der Waals surface area contributed by atoms with Crippen LogP contribution in [0.4, 0.5) is 0 Å². The van der Waals surface area contributed by atoms with Crippen molar-refractivity contribution in [2.75, 3.05) is 0 Å². The molecule has 1 aromatic rings. The zero-order valence-corrected chi connectivity index (χ0v) is 10.4. The summed E-state index contributed by atoms with van der Waals surface area (Å²) < 4.78 is 8.70. The van der Waals surface area contributed by atoms with Crippen molar-refractivity contribution in [3.05, 3.63) is 30.3 Å². The van der Waals surface area contributed by atoms with Gasteiger partial charge in [0.25, 0.3) is 0 Å². The van der Waals surface area contributed by atoms with Gasteiger partial charge in [-0.05, 0) is 12.1 Å². The summed E-state index contributed by atoms with van der Waals surface area (Å²) in [6.45, 7) is 3.28. The highest BCUT2D eigenvalue weighted by atomic mass is 31.1. The number of rotatable bonds is 1. The van der Waals surface area contributed by atoms with Crippen LogP contribution in [0.3, 0.4) is 0 Å². The molecule has 0 aliphatic heterocycles. The SMILES string of the molecule is CC(C)C(=O)O.O=[P+](O)O.Oc1ccccc1. The molecule has 0 saturated carbocycles. The van der Waals surface area contributed by atoms with Gasteiger partial charge in [0.05, 0.1) is 5.92 Å². The highest BCUT2D eigenvalue weighted by Crippen LogP contribution is 2.02. The van der Waals surface area contributed by atoms with E-state index in [0.717, 1.165) is 0 Å². The van der Waals surface area contributed by atoms with Crippen molar-refractivity contribution in [3.63, 3.8) is 0 Å². The Morgan fingerprint density at radius 1 is 1.18 bits per heavy atom. The van der Waals surface area contributed by atoms with Crippen molar-refractivity contribution < 1.29 is 29.4 Å². The van der Waals surface area contributed by atoms with E-state index in [2.05, 4.69) is 0 Å². The zero-order valence-electron chi connectivity index (χ0n) is 9.52. The van der Waals surface area contributed by atoms with Crippen LogP contribution in [0.1, 0.15) is 13.8 Å². The first-order valence-corrected chi connectivity index (χ1v) is 5.75. The lowest BCUT2D eigenvalue weighted by molar-refractivity contribution is -0.140. The number of benzene rings is 1. The third kappa shape index (κ3) is 20.6. The molecule has 0 aromatic heterocycles. The average Bonchev–Trinajstić information content (AvgIpc) is 2.18. The normalized spacial score (nSPS) is 8.29. The molecule has 96 valence electrons. The monoisotopic (exact) mass is 263 g/mol. The zero-order chi connectivity index (χ0) is 13.8. The van der Waals surface area contributed by atoms with Gasteiger partial charge in [0.1, 0.15) is 5.75 Å². The van der Waals surface area contributed by atoms with Crippen LogP contribution in [-0.2, 0) is 9.36 Å². The summed E-state index contributed by atoms with van der Waals surface area (Å²) in [5, 5.41) is 16.6. The van der Waals surface area contributed by atoms with Gasteiger partial charge in [-0.15, -0.1) is 9.79 Å². The highest BCUT2D eigenvalue weighted by Gasteiger charge is 1.99. The summed E-state index contributed by atoms with van der Waals surface area (Å²) in [5.74, 6) is -0.650. The Balaban J connectivity index is 0. The molecule has 0 spiro atoms. The minimum Gasteiger partial charge on any atom is -0.508 e. The molecule has 0 aliphatic carbocycles. The van der Waals surface area contributed by atoms with Crippen molar-refractivity contribution in [2.24, 2.45) is 5.92 Å². The van der Waals surface area contributed by atoms with Crippen molar-refractivity contribution >= 4 is 14.2 Å². The Morgan fingerprint density at radius 3 is 1.59 bits per heavy atom. The molecule has 17 heavy (non-hydrogen) atoms. The van der Waals surface area contributed by atoms with E-state index < -0.39 is 14.2 Å². The summed E-state index contributed by atoms with van der Waals surface area (Å²) in [5.41, 5.74) is 0. The maximum atomic E-state index is 9.70. The fourth-order valence-corrected chi connectivity index (χ4v) is 0.428. The van der Waals surface area contributed by atoms with Gasteiger partial charge in [-0.25, -0.2) is 0 Å². The number of para-hydroxylation sites is 1. The van der Waals surface area contributed by atoms with Crippen LogP contribution in [0.15, 0.2) is 30.3 Å². The van der Waals surface area contributed by atoms with Gasteiger partial charge in [0.2, 0.25) is 0 Å². The predicted octanol–water partition coefficient (Wildman–Crippen LogP) is 1.75. The molecule has 0 atom stereocenters. The van der Waals surface area contributed by atoms with E-state index in [9.17, 15) is 4.79 Å². The van der Waals surface area contributed by atoms with Crippen molar-refractivity contribution in [1.29, 1.82) is 0 Å². The number of phenolic OH excluding ortho intramolecular Hbond substituents is 1. The fourth-order valence-electron chi connectivity index (χ4n) is 0.428. The maximum absolute atomic E-state index is 9.70. The van der Waals surface area contributed by atoms with E-state index in [0.29, 0.717) is 5.75 Å². The Kier molecular flexibility index (Phi) is 11.6. The Bertz CT molecular complexity index is 321. The van der Waals surface area contributed by atoms with Gasteiger partial charge in [0.15, 0.2) is 0 Å². The molecule has 1 aromatic carbocycles. The topological polar surface area (TPSA) is 115 Å². The van der Waals surface area contributed by atoms with Crippen LogP contribution < -0.4 is 0 Å². The first-order valence-electron chi connectivity index (χ1n) is 4.59. The average molecular weight is 263 g/mol. The van der Waals surface area contributed by atoms with Gasteiger partial charge in [0, 0.05) is 4.57 Å². The van der Waals surface area contributed by atoms with Crippen molar-refractivity contribution in [2.45, 2.75) is 13.8 Å². The van der Waals surface area contributed by atoms with Crippen molar-refractivity contribution in [1.82, 2.24) is 0 Å². The summed E-state index contributed by atoms with van der Waals surface area (Å²) >= 11 is 0. The number of hydrogen-bond donors (Lipinski definition) is 4. The molecule has 0 amide bonds. The van der Waals surface area contributed by atoms with Gasteiger partial charge >= 0.3 is 14.2 Å². The Labute approximate surface area is 100 Å². The van der Waals surface area contributed by atoms with Gasteiger partial charge in [-0.1, -0.05) is 32.0 Å². The van der Waals surface area contributed by atoms with Crippen LogP contribution in [0.25, 0.3) is 0 Å². The first kappa shape index (κ1) is 17.9. The van der Waals surface area contributed by atoms with E-state index in [1.54, 1.807) is 38.1 Å². The standard InChI is InChI=1S/C6H6O.C4H8O2.HO3P/c7-6-4-2-1-3-5-6;1-3(2)4(5)6;1-4(2)3/h1-5,7H;3H,1-2H3,(H,5,6);(H-,1,2,3)/p+1. The first-order chi connectivity index (χ1) is 7.77. The number of aliphatic carboxylic acids is 1. The number of aromatic hydroxyl groups is 1. The number of phenols is 1. The van der Waals surface area contributed by atoms with E-state index in [1.807, 2.05) is 6.07 Å². The number of carboxylic acid groups (broad SMARTS) is 1. The van der Waals surface area contributed by atoms with E-state index in [4.69, 9.17) is 24.6 Å². The van der Waals surface area contributed by atoms with Gasteiger partial charge < -0.3 is 10.2 Å². The molecular weight excluding hydrogens is 247 g/mol. The van der Waals surface area contributed by atoms with E-state index in [1.165, 1.54) is 0 Å². The molecule has 6 nitrogen and oxygen atoms in total. The molecule has 7 heteroatoms. The number of carbonyl (C=O) groups is 1. The lowest BCUT2D eigenvalue weighted by Gasteiger charge is -1.89. The molecular formula is C10H16O6P+. The van der Waals surface area contributed by atoms with E-state index in [-0.39, 0.29) is 5.92 Å². The minimum atomic E-state index is -2.87. The number of hydrogen-bond acceptors (Lipinski definition) is 3. The third-order valence-electron chi connectivity index (χ3n) is 1.25. The van der Waals surface area contributed by atoms with Crippen molar-refractivity contribution in [3.8, 4) is 5.75 Å². The van der Waals surface area contributed by atoms with Gasteiger partial charge in [-0.3, -0.25) is 4.79 Å². The van der Waals surface area contributed by atoms with Crippen LogP contribution in [0.2, 0.25) is 0 Å².